The van der Waals surface area contributed by atoms with E-state index >= 15 is 0 Å². The molecule has 1 heterocycles. The smallest absolute Gasteiger partial charge is 0.0826 e. The minimum Gasteiger partial charge on any atom is -0.392 e. The first-order chi connectivity index (χ1) is 6.92. The maximum atomic E-state index is 9.55. The molecule has 1 saturated heterocycles. The first-order valence-electron chi connectivity index (χ1n) is 5.65. The monoisotopic (exact) mass is 216 g/mol. The van der Waals surface area contributed by atoms with Crippen LogP contribution in [-0.2, 0) is 4.74 Å². The fourth-order valence-corrected chi connectivity index (χ4v) is 1.51. The van der Waals surface area contributed by atoms with Gasteiger partial charge in [-0.3, -0.25) is 0 Å². The van der Waals surface area contributed by atoms with Crippen LogP contribution in [0.3, 0.4) is 0 Å². The molecule has 15 heavy (non-hydrogen) atoms. The van der Waals surface area contributed by atoms with E-state index in [0.29, 0.717) is 0 Å². The van der Waals surface area contributed by atoms with Crippen molar-refractivity contribution >= 4 is 0 Å². The molecule has 1 aliphatic rings. The van der Waals surface area contributed by atoms with Gasteiger partial charge in [0.25, 0.3) is 0 Å². The van der Waals surface area contributed by atoms with Crippen LogP contribution >= 0.6 is 0 Å². The van der Waals surface area contributed by atoms with Crippen LogP contribution in [0.5, 0.6) is 0 Å². The summed E-state index contributed by atoms with van der Waals surface area (Å²) in [6, 6.07) is 0. The van der Waals surface area contributed by atoms with Gasteiger partial charge in [0, 0.05) is 25.2 Å². The molecule has 0 aromatic carbocycles. The van der Waals surface area contributed by atoms with Gasteiger partial charge in [0.1, 0.15) is 0 Å². The Kier molecular flexibility index (Phi) is 4.52. The van der Waals surface area contributed by atoms with Gasteiger partial charge in [0.05, 0.1) is 18.8 Å². The molecule has 2 N–H and O–H groups in total. The summed E-state index contributed by atoms with van der Waals surface area (Å²) < 4.78 is 5.64. The van der Waals surface area contributed by atoms with Crippen LogP contribution in [0.15, 0.2) is 0 Å². The van der Waals surface area contributed by atoms with E-state index in [1.807, 2.05) is 13.8 Å². The highest BCUT2D eigenvalue weighted by molar-refractivity contribution is 4.85. The molecule has 0 aromatic heterocycles. The van der Waals surface area contributed by atoms with Gasteiger partial charge in [-0.25, -0.2) is 0 Å². The van der Waals surface area contributed by atoms with Crippen molar-refractivity contribution in [2.75, 3.05) is 33.3 Å². The maximum Gasteiger partial charge on any atom is 0.0826 e. The van der Waals surface area contributed by atoms with Crippen molar-refractivity contribution in [1.82, 2.24) is 10.2 Å². The van der Waals surface area contributed by atoms with Crippen molar-refractivity contribution in [3.05, 3.63) is 0 Å². The Morgan fingerprint density at radius 1 is 1.60 bits per heavy atom. The summed E-state index contributed by atoms with van der Waals surface area (Å²) in [5.74, 6) is 0. The molecule has 90 valence electrons. The van der Waals surface area contributed by atoms with E-state index < -0.39 is 0 Å². The molecular weight excluding hydrogens is 192 g/mol. The zero-order chi connectivity index (χ0) is 11.5. The van der Waals surface area contributed by atoms with Crippen molar-refractivity contribution in [2.45, 2.75) is 38.5 Å². The van der Waals surface area contributed by atoms with Crippen molar-refractivity contribution in [1.29, 1.82) is 0 Å². The number of aliphatic hydroxyl groups excluding tert-OH is 1. The first-order valence-corrected chi connectivity index (χ1v) is 5.65. The average Bonchev–Trinajstić information content (AvgIpc) is 2.15. The molecule has 4 heteroatoms. The number of nitrogens with one attached hydrogen (secondary N) is 1. The van der Waals surface area contributed by atoms with Crippen LogP contribution in [0.4, 0.5) is 0 Å². The fraction of sp³-hybridized carbons (Fsp3) is 1.00. The Morgan fingerprint density at radius 3 is 2.80 bits per heavy atom. The largest absolute Gasteiger partial charge is 0.392 e. The molecule has 1 rings (SSSR count). The van der Waals surface area contributed by atoms with Gasteiger partial charge < -0.3 is 20.1 Å². The molecule has 0 radical (unpaired) electrons. The van der Waals surface area contributed by atoms with Crippen LogP contribution in [0.25, 0.3) is 0 Å². The standard InChI is InChI=1S/C11H24N2O2/c1-9(14)11(2,3)12-7-10-8-13(4)5-6-15-10/h9-10,12,14H,5-8H2,1-4H3. The summed E-state index contributed by atoms with van der Waals surface area (Å²) in [6.07, 6.45) is -0.124. The molecule has 1 fully saturated rings. The van der Waals surface area contributed by atoms with Crippen LogP contribution in [0, 0.1) is 0 Å². The molecule has 1 aliphatic heterocycles. The molecule has 0 aromatic rings. The molecule has 0 bridgehead atoms. The van der Waals surface area contributed by atoms with Crippen LogP contribution in [0.1, 0.15) is 20.8 Å². The Morgan fingerprint density at radius 2 is 2.27 bits per heavy atom. The summed E-state index contributed by atoms with van der Waals surface area (Å²) in [7, 11) is 2.11. The maximum absolute atomic E-state index is 9.55. The predicted octanol–water partition coefficient (Wildman–Crippen LogP) is 0.0660. The lowest BCUT2D eigenvalue weighted by Gasteiger charge is -2.35. The normalized spacial score (nSPS) is 26.6. The number of rotatable bonds is 4. The Hall–Kier alpha value is -0.160. The van der Waals surface area contributed by atoms with Gasteiger partial charge >= 0.3 is 0 Å². The second-order valence-electron chi connectivity index (χ2n) is 5.03. The summed E-state index contributed by atoms with van der Waals surface area (Å²) in [6.45, 7) is 9.38. The number of likely N-dealkylation sites (N-methyl/N-ethyl adjacent to an activating group) is 1. The molecule has 2 unspecified atom stereocenters. The third-order valence-electron chi connectivity index (χ3n) is 3.17. The Labute approximate surface area is 92.6 Å². The van der Waals surface area contributed by atoms with Gasteiger partial charge in [-0.1, -0.05) is 0 Å². The lowest BCUT2D eigenvalue weighted by molar-refractivity contribution is -0.0252. The van der Waals surface area contributed by atoms with Crippen molar-refractivity contribution in [3.8, 4) is 0 Å². The molecule has 4 nitrogen and oxygen atoms in total. The van der Waals surface area contributed by atoms with E-state index in [0.717, 1.165) is 26.2 Å². The van der Waals surface area contributed by atoms with E-state index in [1.165, 1.54) is 0 Å². The Bertz CT molecular complexity index is 195. The Balaban J connectivity index is 2.30. The third-order valence-corrected chi connectivity index (χ3v) is 3.17. The van der Waals surface area contributed by atoms with Gasteiger partial charge in [-0.2, -0.15) is 0 Å². The van der Waals surface area contributed by atoms with Gasteiger partial charge in [0.15, 0.2) is 0 Å². The molecule has 0 aliphatic carbocycles. The number of hydrogen-bond donors (Lipinski definition) is 2. The summed E-state index contributed by atoms with van der Waals surface area (Å²) in [5, 5.41) is 12.9. The van der Waals surface area contributed by atoms with Crippen LogP contribution in [0.2, 0.25) is 0 Å². The first kappa shape index (κ1) is 12.9. The molecule has 0 amide bonds. The average molecular weight is 216 g/mol. The van der Waals surface area contributed by atoms with E-state index in [4.69, 9.17) is 4.74 Å². The quantitative estimate of drug-likeness (QED) is 0.698. The zero-order valence-electron chi connectivity index (χ0n) is 10.3. The number of nitrogens with zero attached hydrogens (tertiary/aromatic N) is 1. The predicted molar refractivity (Wildman–Crippen MR) is 61.0 cm³/mol. The zero-order valence-corrected chi connectivity index (χ0v) is 10.3. The summed E-state index contributed by atoms with van der Waals surface area (Å²) in [4.78, 5) is 2.27. The summed E-state index contributed by atoms with van der Waals surface area (Å²) >= 11 is 0. The van der Waals surface area contributed by atoms with E-state index in [1.54, 1.807) is 6.92 Å². The lowest BCUT2D eigenvalue weighted by atomic mass is 9.98. The van der Waals surface area contributed by atoms with Gasteiger partial charge in [0.2, 0.25) is 0 Å². The number of hydrogen-bond acceptors (Lipinski definition) is 4. The topological polar surface area (TPSA) is 44.7 Å². The third kappa shape index (κ3) is 4.07. The highest BCUT2D eigenvalue weighted by atomic mass is 16.5. The minimum absolute atomic E-state index is 0.238. The van der Waals surface area contributed by atoms with Gasteiger partial charge in [-0.15, -0.1) is 0 Å². The number of morpholine rings is 1. The van der Waals surface area contributed by atoms with Gasteiger partial charge in [-0.05, 0) is 27.8 Å². The van der Waals surface area contributed by atoms with Crippen molar-refractivity contribution in [3.63, 3.8) is 0 Å². The highest BCUT2D eigenvalue weighted by Gasteiger charge is 2.26. The van der Waals surface area contributed by atoms with E-state index in [2.05, 4.69) is 17.3 Å². The molecular formula is C11H24N2O2. The highest BCUT2D eigenvalue weighted by Crippen LogP contribution is 2.09. The lowest BCUT2D eigenvalue weighted by Crippen LogP contribution is -2.53. The molecule has 0 spiro atoms. The molecule has 0 saturated carbocycles. The number of aliphatic hydroxyl groups is 1. The molecule has 2 atom stereocenters. The van der Waals surface area contributed by atoms with Crippen LogP contribution < -0.4 is 5.32 Å². The van der Waals surface area contributed by atoms with Crippen LogP contribution in [-0.4, -0.2) is 61.0 Å². The van der Waals surface area contributed by atoms with Crippen molar-refractivity contribution in [2.24, 2.45) is 0 Å². The van der Waals surface area contributed by atoms with Crippen molar-refractivity contribution < 1.29 is 9.84 Å². The SMILES string of the molecule is CC(O)C(C)(C)NCC1CN(C)CCO1. The summed E-state index contributed by atoms with van der Waals surface area (Å²) in [5.41, 5.74) is -0.251. The van der Waals surface area contributed by atoms with E-state index in [9.17, 15) is 5.11 Å². The van der Waals surface area contributed by atoms with E-state index in [-0.39, 0.29) is 17.7 Å². The fourth-order valence-electron chi connectivity index (χ4n) is 1.51. The minimum atomic E-state index is -0.362. The number of ether oxygens (including phenoxy) is 1. The second-order valence-corrected chi connectivity index (χ2v) is 5.03. The second kappa shape index (κ2) is 5.25.